The topological polar surface area (TPSA) is 50.4 Å². The number of methoxy groups -OCH3 is 1. The number of carbonyl (C=O) groups excluding carboxylic acids is 1. The molecule has 0 unspecified atom stereocenters. The number of anilines is 1. The Bertz CT molecular complexity index is 383. The van der Waals surface area contributed by atoms with E-state index in [-0.39, 0.29) is 6.03 Å². The van der Waals surface area contributed by atoms with Crippen LogP contribution in [0.25, 0.3) is 0 Å². The van der Waals surface area contributed by atoms with Gasteiger partial charge in [-0.3, -0.25) is 0 Å². The Morgan fingerprint density at radius 3 is 2.37 bits per heavy atom. The minimum atomic E-state index is -0.147. The fraction of sp³-hybridized carbons (Fsp3) is 0.533. The minimum Gasteiger partial charge on any atom is -0.385 e. The number of hydrogen-bond donors (Lipinski definition) is 2. The predicted molar refractivity (Wildman–Crippen MR) is 78.7 cm³/mol. The lowest BCUT2D eigenvalue weighted by molar-refractivity contribution is 0.194. The van der Waals surface area contributed by atoms with Gasteiger partial charge in [0.2, 0.25) is 0 Å². The number of carbonyl (C=O) groups is 1. The third-order valence-electron chi connectivity index (χ3n) is 3.05. The maximum Gasteiger partial charge on any atom is 0.319 e. The standard InChI is InChI=1S/C15H24N2O2/c1-4-12-8-6-9-13(5-2)14(12)17-15(18)16-10-7-11-19-3/h6,8-9H,4-5,7,10-11H2,1-3H3,(H2,16,17,18). The molecule has 0 heterocycles. The molecule has 1 rings (SSSR count). The number of rotatable bonds is 7. The number of para-hydroxylation sites is 1. The van der Waals surface area contributed by atoms with Gasteiger partial charge in [-0.15, -0.1) is 0 Å². The molecule has 0 saturated heterocycles. The van der Waals surface area contributed by atoms with E-state index in [1.807, 2.05) is 6.07 Å². The lowest BCUT2D eigenvalue weighted by Gasteiger charge is -2.14. The third-order valence-corrected chi connectivity index (χ3v) is 3.05. The van der Waals surface area contributed by atoms with Crippen LogP contribution in [0.15, 0.2) is 18.2 Å². The molecule has 0 fully saturated rings. The van der Waals surface area contributed by atoms with Crippen LogP contribution in [0.1, 0.15) is 31.4 Å². The van der Waals surface area contributed by atoms with Crippen molar-refractivity contribution in [3.8, 4) is 0 Å². The third kappa shape index (κ3) is 4.91. The molecule has 4 heteroatoms. The first-order valence-electron chi connectivity index (χ1n) is 6.87. The first kappa shape index (κ1) is 15.5. The van der Waals surface area contributed by atoms with Crippen LogP contribution in [-0.2, 0) is 17.6 Å². The zero-order chi connectivity index (χ0) is 14.1. The quantitative estimate of drug-likeness (QED) is 0.744. The van der Waals surface area contributed by atoms with Crippen LogP contribution in [0.2, 0.25) is 0 Å². The molecule has 2 N–H and O–H groups in total. The Morgan fingerprint density at radius 1 is 1.21 bits per heavy atom. The lowest BCUT2D eigenvalue weighted by atomic mass is 10.0. The van der Waals surface area contributed by atoms with Crippen molar-refractivity contribution in [3.05, 3.63) is 29.3 Å². The fourth-order valence-corrected chi connectivity index (χ4v) is 1.98. The average molecular weight is 264 g/mol. The van der Waals surface area contributed by atoms with Gasteiger partial charge in [0.1, 0.15) is 0 Å². The molecule has 1 aromatic rings. The Hall–Kier alpha value is -1.55. The van der Waals surface area contributed by atoms with Crippen molar-refractivity contribution in [1.29, 1.82) is 0 Å². The maximum absolute atomic E-state index is 11.8. The van der Waals surface area contributed by atoms with Gasteiger partial charge in [-0.25, -0.2) is 4.79 Å². The van der Waals surface area contributed by atoms with E-state index in [9.17, 15) is 4.79 Å². The van der Waals surface area contributed by atoms with E-state index in [0.717, 1.165) is 24.9 Å². The van der Waals surface area contributed by atoms with Crippen molar-refractivity contribution in [3.63, 3.8) is 0 Å². The molecule has 19 heavy (non-hydrogen) atoms. The summed E-state index contributed by atoms with van der Waals surface area (Å²) in [4.78, 5) is 11.8. The van der Waals surface area contributed by atoms with Gasteiger partial charge < -0.3 is 15.4 Å². The molecule has 0 atom stereocenters. The summed E-state index contributed by atoms with van der Waals surface area (Å²) in [6.07, 6.45) is 2.64. The molecule has 0 aliphatic carbocycles. The smallest absolute Gasteiger partial charge is 0.319 e. The average Bonchev–Trinajstić information content (AvgIpc) is 2.43. The summed E-state index contributed by atoms with van der Waals surface area (Å²) < 4.78 is 4.94. The number of amides is 2. The second-order valence-electron chi connectivity index (χ2n) is 4.39. The van der Waals surface area contributed by atoms with Crippen molar-refractivity contribution in [2.45, 2.75) is 33.1 Å². The summed E-state index contributed by atoms with van der Waals surface area (Å²) in [5.41, 5.74) is 3.30. The van der Waals surface area contributed by atoms with E-state index >= 15 is 0 Å². The van der Waals surface area contributed by atoms with Crippen LogP contribution in [0, 0.1) is 0 Å². The fourth-order valence-electron chi connectivity index (χ4n) is 1.98. The van der Waals surface area contributed by atoms with Gasteiger partial charge in [-0.05, 0) is 30.4 Å². The highest BCUT2D eigenvalue weighted by Crippen LogP contribution is 2.22. The summed E-state index contributed by atoms with van der Waals surface area (Å²) in [5.74, 6) is 0. The summed E-state index contributed by atoms with van der Waals surface area (Å²) in [6, 6.07) is 6.00. The summed E-state index contributed by atoms with van der Waals surface area (Å²) in [7, 11) is 1.66. The normalized spacial score (nSPS) is 10.3. The highest BCUT2D eigenvalue weighted by Gasteiger charge is 2.09. The Morgan fingerprint density at radius 2 is 1.84 bits per heavy atom. The largest absolute Gasteiger partial charge is 0.385 e. The highest BCUT2D eigenvalue weighted by molar-refractivity contribution is 5.91. The molecule has 0 saturated carbocycles. The molecule has 0 aliphatic heterocycles. The summed E-state index contributed by atoms with van der Waals surface area (Å²) in [6.45, 7) is 5.47. The van der Waals surface area contributed by atoms with Crippen molar-refractivity contribution in [1.82, 2.24) is 5.32 Å². The first-order chi connectivity index (χ1) is 9.22. The Labute approximate surface area is 115 Å². The molecule has 0 aromatic heterocycles. The SMILES string of the molecule is CCc1cccc(CC)c1NC(=O)NCCCOC. The molecule has 2 amide bonds. The second kappa shape index (κ2) is 8.53. The van der Waals surface area contributed by atoms with Gasteiger partial charge in [0.05, 0.1) is 0 Å². The number of hydrogen-bond acceptors (Lipinski definition) is 2. The summed E-state index contributed by atoms with van der Waals surface area (Å²) >= 11 is 0. The lowest BCUT2D eigenvalue weighted by Crippen LogP contribution is -2.30. The molecule has 0 bridgehead atoms. The monoisotopic (exact) mass is 264 g/mol. The number of nitrogens with one attached hydrogen (secondary N) is 2. The van der Waals surface area contributed by atoms with E-state index in [1.165, 1.54) is 11.1 Å². The Balaban J connectivity index is 2.62. The van der Waals surface area contributed by atoms with Gasteiger partial charge in [-0.1, -0.05) is 32.0 Å². The summed E-state index contributed by atoms with van der Waals surface area (Å²) in [5, 5.41) is 5.81. The maximum atomic E-state index is 11.8. The van der Waals surface area contributed by atoms with E-state index in [2.05, 4.69) is 36.6 Å². The molecule has 1 aromatic carbocycles. The molecule has 4 nitrogen and oxygen atoms in total. The minimum absolute atomic E-state index is 0.147. The van der Waals surface area contributed by atoms with Gasteiger partial charge in [-0.2, -0.15) is 0 Å². The molecule has 0 radical (unpaired) electrons. The zero-order valence-corrected chi connectivity index (χ0v) is 12.1. The first-order valence-corrected chi connectivity index (χ1v) is 6.87. The number of urea groups is 1. The highest BCUT2D eigenvalue weighted by atomic mass is 16.5. The van der Waals surface area contributed by atoms with Crippen LogP contribution in [0.5, 0.6) is 0 Å². The van der Waals surface area contributed by atoms with Crippen LogP contribution in [0.3, 0.4) is 0 Å². The predicted octanol–water partition coefficient (Wildman–Crippen LogP) is 2.97. The molecule has 0 aliphatic rings. The van der Waals surface area contributed by atoms with Gasteiger partial charge in [0, 0.05) is 25.9 Å². The zero-order valence-electron chi connectivity index (χ0n) is 12.1. The van der Waals surface area contributed by atoms with Crippen LogP contribution in [-0.4, -0.2) is 26.3 Å². The van der Waals surface area contributed by atoms with E-state index in [1.54, 1.807) is 7.11 Å². The number of ether oxygens (including phenoxy) is 1. The Kier molecular flexibility index (Phi) is 6.97. The van der Waals surface area contributed by atoms with E-state index in [4.69, 9.17) is 4.74 Å². The van der Waals surface area contributed by atoms with Crippen LogP contribution < -0.4 is 10.6 Å². The van der Waals surface area contributed by atoms with Gasteiger partial charge in [0.25, 0.3) is 0 Å². The van der Waals surface area contributed by atoms with E-state index < -0.39 is 0 Å². The van der Waals surface area contributed by atoms with E-state index in [0.29, 0.717) is 13.2 Å². The van der Waals surface area contributed by atoms with Crippen molar-refractivity contribution < 1.29 is 9.53 Å². The second-order valence-corrected chi connectivity index (χ2v) is 4.39. The molecule has 106 valence electrons. The van der Waals surface area contributed by atoms with Crippen LogP contribution in [0.4, 0.5) is 10.5 Å². The molecule has 0 spiro atoms. The molecular formula is C15H24N2O2. The molecular weight excluding hydrogens is 240 g/mol. The van der Waals surface area contributed by atoms with Crippen LogP contribution >= 0.6 is 0 Å². The van der Waals surface area contributed by atoms with Crippen molar-refractivity contribution in [2.24, 2.45) is 0 Å². The van der Waals surface area contributed by atoms with Gasteiger partial charge in [0.15, 0.2) is 0 Å². The number of aryl methyl sites for hydroxylation is 2. The van der Waals surface area contributed by atoms with Crippen molar-refractivity contribution in [2.75, 3.05) is 25.6 Å². The number of benzene rings is 1. The van der Waals surface area contributed by atoms with Crippen molar-refractivity contribution >= 4 is 11.7 Å². The van der Waals surface area contributed by atoms with Gasteiger partial charge >= 0.3 is 6.03 Å².